The molecule has 0 atom stereocenters. The van der Waals surface area contributed by atoms with Crippen LogP contribution in [0.3, 0.4) is 0 Å². The van der Waals surface area contributed by atoms with Crippen molar-refractivity contribution in [3.05, 3.63) is 24.2 Å². The maximum absolute atomic E-state index is 4.90. The summed E-state index contributed by atoms with van der Waals surface area (Å²) in [4.78, 5) is 1.79. The average Bonchev–Trinajstić information content (AvgIpc) is 2.14. The summed E-state index contributed by atoms with van der Waals surface area (Å²) in [7, 11) is 0. The van der Waals surface area contributed by atoms with E-state index in [0.717, 1.165) is 5.76 Å². The predicted molar refractivity (Wildman–Crippen MR) is 29.6 cm³/mol. The van der Waals surface area contributed by atoms with Crippen molar-refractivity contribution in [3.63, 3.8) is 0 Å². The first-order chi connectivity index (χ1) is 3.43. The van der Waals surface area contributed by atoms with Crippen LogP contribution in [0.15, 0.2) is 22.8 Å². The van der Waals surface area contributed by atoms with Crippen molar-refractivity contribution < 1.29 is 4.42 Å². The van der Waals surface area contributed by atoms with Crippen LogP contribution in [-0.2, 0) is 0 Å². The minimum atomic E-state index is 0.875. The Morgan fingerprint density at radius 3 is 2.86 bits per heavy atom. The third-order valence-corrected chi connectivity index (χ3v) is 1.15. The second-order valence-electron chi connectivity index (χ2n) is 1.13. The molecule has 1 aromatic rings. The molecule has 0 aliphatic carbocycles. The summed E-state index contributed by atoms with van der Waals surface area (Å²) in [5.74, 6) is 0.875. The first-order valence-corrected chi connectivity index (χ1v) is 2.91. The van der Waals surface area contributed by atoms with Gasteiger partial charge in [0.2, 0.25) is 0 Å². The van der Waals surface area contributed by atoms with Gasteiger partial charge in [0.1, 0.15) is 0 Å². The SMILES string of the molecule is [Se]=Cc1ccco1. The van der Waals surface area contributed by atoms with Crippen molar-refractivity contribution in [1.82, 2.24) is 0 Å². The van der Waals surface area contributed by atoms with E-state index in [1.807, 2.05) is 12.1 Å². The van der Waals surface area contributed by atoms with Gasteiger partial charge >= 0.3 is 49.1 Å². The van der Waals surface area contributed by atoms with E-state index >= 15 is 0 Å². The van der Waals surface area contributed by atoms with Crippen LogP contribution in [0, 0.1) is 0 Å². The maximum atomic E-state index is 4.90. The molecule has 36 valence electrons. The van der Waals surface area contributed by atoms with E-state index in [1.54, 1.807) is 11.2 Å². The van der Waals surface area contributed by atoms with Gasteiger partial charge in [-0.3, -0.25) is 0 Å². The van der Waals surface area contributed by atoms with Gasteiger partial charge in [0.05, 0.1) is 0 Å². The molecule has 7 heavy (non-hydrogen) atoms. The van der Waals surface area contributed by atoms with Crippen molar-refractivity contribution >= 4 is 20.5 Å². The zero-order valence-corrected chi connectivity index (χ0v) is 5.34. The molecule has 0 fully saturated rings. The van der Waals surface area contributed by atoms with Gasteiger partial charge in [-0.25, -0.2) is 0 Å². The molecule has 0 aliphatic heterocycles. The minimum absolute atomic E-state index is 0.875. The second-order valence-corrected chi connectivity index (χ2v) is 1.63. The van der Waals surface area contributed by atoms with Crippen molar-refractivity contribution in [3.8, 4) is 0 Å². The summed E-state index contributed by atoms with van der Waals surface area (Å²) in [6, 6.07) is 3.74. The first-order valence-electron chi connectivity index (χ1n) is 1.92. The van der Waals surface area contributed by atoms with Crippen molar-refractivity contribution in [2.24, 2.45) is 0 Å². The van der Waals surface area contributed by atoms with Crippen LogP contribution in [-0.4, -0.2) is 20.5 Å². The molecule has 1 nitrogen and oxygen atoms in total. The van der Waals surface area contributed by atoms with E-state index in [4.69, 9.17) is 4.42 Å². The quantitative estimate of drug-likeness (QED) is 0.547. The Morgan fingerprint density at radius 2 is 2.57 bits per heavy atom. The summed E-state index contributed by atoms with van der Waals surface area (Å²) < 4.78 is 4.90. The molecule has 0 radical (unpaired) electrons. The fourth-order valence-electron chi connectivity index (χ4n) is 0.358. The van der Waals surface area contributed by atoms with E-state index in [0.29, 0.717) is 0 Å². The molecular formula is C5H4OSe. The third kappa shape index (κ3) is 1.02. The molecule has 0 amide bonds. The molecule has 0 aromatic carbocycles. The molecule has 0 saturated carbocycles. The van der Waals surface area contributed by atoms with E-state index in [-0.39, 0.29) is 0 Å². The topological polar surface area (TPSA) is 13.1 Å². The summed E-state index contributed by atoms with van der Waals surface area (Å²) in [6.45, 7) is 0. The Hall–Kier alpha value is -0.331. The van der Waals surface area contributed by atoms with E-state index in [2.05, 4.69) is 15.6 Å². The Balaban J connectivity index is 2.96. The van der Waals surface area contributed by atoms with Crippen LogP contribution in [0.25, 0.3) is 0 Å². The van der Waals surface area contributed by atoms with Gasteiger partial charge in [0.25, 0.3) is 0 Å². The summed E-state index contributed by atoms with van der Waals surface area (Å²) in [5.41, 5.74) is 0. The second kappa shape index (κ2) is 2.10. The molecule has 0 unspecified atom stereocenters. The van der Waals surface area contributed by atoms with E-state index < -0.39 is 0 Å². The standard InChI is InChI=1S/C5H4OSe/c7-4-5-2-1-3-6-5/h1-4H. The van der Waals surface area contributed by atoms with Crippen LogP contribution in [0.5, 0.6) is 0 Å². The molecule has 0 N–H and O–H groups in total. The number of hydrogen-bond acceptors (Lipinski definition) is 1. The molecule has 0 aliphatic rings. The molecular weight excluding hydrogens is 155 g/mol. The van der Waals surface area contributed by atoms with Crippen LogP contribution in [0.2, 0.25) is 0 Å². The Morgan fingerprint density at radius 1 is 1.71 bits per heavy atom. The zero-order chi connectivity index (χ0) is 5.11. The van der Waals surface area contributed by atoms with Gasteiger partial charge in [-0.05, 0) is 0 Å². The molecule has 1 rings (SSSR count). The molecule has 2 heteroatoms. The van der Waals surface area contributed by atoms with Crippen LogP contribution in [0.4, 0.5) is 0 Å². The van der Waals surface area contributed by atoms with Crippen LogP contribution in [0.1, 0.15) is 5.76 Å². The van der Waals surface area contributed by atoms with E-state index in [1.165, 1.54) is 0 Å². The zero-order valence-electron chi connectivity index (χ0n) is 3.63. The monoisotopic (exact) mass is 160 g/mol. The molecule has 0 bridgehead atoms. The van der Waals surface area contributed by atoms with Crippen LogP contribution < -0.4 is 0 Å². The van der Waals surface area contributed by atoms with Gasteiger partial charge in [-0.1, -0.05) is 0 Å². The average molecular weight is 159 g/mol. The molecule has 1 aromatic heterocycles. The molecule has 0 saturated heterocycles. The summed E-state index contributed by atoms with van der Waals surface area (Å²) in [6.07, 6.45) is 1.64. The van der Waals surface area contributed by atoms with Crippen LogP contribution >= 0.6 is 0 Å². The molecule has 1 heterocycles. The third-order valence-electron chi connectivity index (χ3n) is 0.659. The fourth-order valence-corrected chi connectivity index (χ4v) is 0.640. The summed E-state index contributed by atoms with van der Waals surface area (Å²) >= 11 is 2.73. The van der Waals surface area contributed by atoms with Gasteiger partial charge in [-0.15, -0.1) is 0 Å². The Bertz CT molecular complexity index is 143. The first kappa shape index (κ1) is 4.82. The summed E-state index contributed by atoms with van der Waals surface area (Å²) in [5, 5.41) is 0. The number of rotatable bonds is 1. The predicted octanol–water partition coefficient (Wildman–Crippen LogP) is 0.598. The van der Waals surface area contributed by atoms with Gasteiger partial charge in [0, 0.05) is 0 Å². The number of furan rings is 1. The van der Waals surface area contributed by atoms with Gasteiger partial charge in [-0.2, -0.15) is 0 Å². The Labute approximate surface area is 49.7 Å². The van der Waals surface area contributed by atoms with Crippen molar-refractivity contribution in [2.75, 3.05) is 0 Å². The number of hydrogen-bond donors (Lipinski definition) is 0. The normalized spacial score (nSPS) is 8.57. The van der Waals surface area contributed by atoms with E-state index in [9.17, 15) is 0 Å². The Kier molecular flexibility index (Phi) is 1.45. The van der Waals surface area contributed by atoms with Gasteiger partial charge < -0.3 is 0 Å². The molecule has 0 spiro atoms. The fraction of sp³-hybridized carbons (Fsp3) is 0. The van der Waals surface area contributed by atoms with Gasteiger partial charge in [0.15, 0.2) is 0 Å². The van der Waals surface area contributed by atoms with Crippen molar-refractivity contribution in [1.29, 1.82) is 0 Å². The van der Waals surface area contributed by atoms with Crippen molar-refractivity contribution in [2.45, 2.75) is 0 Å².